The van der Waals surface area contributed by atoms with Gasteiger partial charge in [0.2, 0.25) is 5.91 Å². The molecule has 8 aromatic rings. The summed E-state index contributed by atoms with van der Waals surface area (Å²) in [4.78, 5) is 42.7. The van der Waals surface area contributed by atoms with Gasteiger partial charge in [-0.25, -0.2) is 4.79 Å². The van der Waals surface area contributed by atoms with Crippen LogP contribution >= 0.6 is 34.8 Å². The van der Waals surface area contributed by atoms with Crippen molar-refractivity contribution in [2.24, 2.45) is 0 Å². The van der Waals surface area contributed by atoms with Gasteiger partial charge in [-0.3, -0.25) is 9.59 Å². The van der Waals surface area contributed by atoms with Gasteiger partial charge in [0, 0.05) is 115 Å². The summed E-state index contributed by atoms with van der Waals surface area (Å²) in [6, 6.07) is 35.2. The maximum Gasteiger partial charge on any atom is 1.00 e. The summed E-state index contributed by atoms with van der Waals surface area (Å²) in [5.74, 6) is 2.34. The number of amides is 1. The summed E-state index contributed by atoms with van der Waals surface area (Å²) in [6.07, 6.45) is 0. The smallest absolute Gasteiger partial charge is 0.507 e. The third kappa shape index (κ3) is 11.7. The summed E-state index contributed by atoms with van der Waals surface area (Å²) >= 11 is 18.1. The second-order valence-corrected chi connectivity index (χ2v) is 17.8. The molecule has 4 heterocycles. The average Bonchev–Trinajstić information content (AvgIpc) is 4.13. The number of carbonyl (C=O) groups is 2. The van der Waals surface area contributed by atoms with Gasteiger partial charge in [0.15, 0.2) is 0 Å². The lowest BCUT2D eigenvalue weighted by atomic mass is 9.85. The van der Waals surface area contributed by atoms with Crippen LogP contribution in [0.4, 0.5) is 17.1 Å². The monoisotopic (exact) mass is 1050 g/mol. The topological polar surface area (TPSA) is 191 Å². The molecule has 3 unspecified atom stereocenters. The molecule has 0 saturated carbocycles. The minimum absolute atomic E-state index is 0. The van der Waals surface area contributed by atoms with Crippen LogP contribution < -0.4 is 25.4 Å². The van der Waals surface area contributed by atoms with Gasteiger partial charge >= 0.3 is 20.0 Å². The van der Waals surface area contributed by atoms with Crippen molar-refractivity contribution in [3.63, 3.8) is 0 Å². The van der Waals surface area contributed by atoms with E-state index in [1.807, 2.05) is 105 Å². The number of aromatic nitrogens is 3. The standard InChI is InChI=1S/C15H14ClNO2.C14H15BClNO2.C13H12ClNO.C9H7N3O3.2C2H6/c1-9(18)17-8-10(7-16)15-12-5-3-2-4-11(12)14(19)6-13(15)17;1-15(19)17-8-9(7-16)14-11-5-3-2-4-10(11)13(18)6-12(14)17;14-6-8-7-15-11-5-12(16)9-3-1-2-4-10(9)13(8)11;1-6(13)15-12-9(14)7-4-2-3-5-8(7)10-11-12;2*1-2/h2-6,10,19H,7-8H2,1H3;2-6,9,18-19H,7-8H2,1H3;1-5,8,15-16H,6-7H2;2-5H,1H3;2*1-2H3/p+1. The zero-order chi connectivity index (χ0) is 53.1. The summed E-state index contributed by atoms with van der Waals surface area (Å²) in [5.41, 5.74) is 6.08. The number of hydrogen-bond donors (Lipinski definition) is 5. The number of anilines is 3. The first-order valence-corrected chi connectivity index (χ1v) is 25.8. The fourth-order valence-corrected chi connectivity index (χ4v) is 10.1. The molecule has 382 valence electrons. The number of carbonyl (C=O) groups excluding carboxylic acids is 2. The molecule has 0 spiro atoms. The summed E-state index contributed by atoms with van der Waals surface area (Å²) < 4.78 is 0. The highest BCUT2D eigenvalue weighted by Crippen LogP contribution is 2.47. The SMILES string of the molecule is CB(O)N1CC(CCl)c2c1cc(O)c1ccccc21.CC.CC.CC(=O)N1CC(CCl)c2c1cc(O)c1ccccc21.CC(=O)On1nnc2ccccc2c1=O.Oc1cc2c(c3ccccc13)C(CCl)CN2.[H+]. The Morgan fingerprint density at radius 2 is 1.10 bits per heavy atom. The maximum absolute atomic E-state index is 11.7. The number of rotatable bonds is 5. The van der Waals surface area contributed by atoms with E-state index in [0.29, 0.717) is 58.1 Å². The van der Waals surface area contributed by atoms with E-state index in [-0.39, 0.29) is 30.7 Å². The van der Waals surface area contributed by atoms with E-state index in [2.05, 4.69) is 20.5 Å². The molecule has 14 nitrogen and oxygen atoms in total. The van der Waals surface area contributed by atoms with E-state index < -0.39 is 18.6 Å². The molecule has 0 bridgehead atoms. The van der Waals surface area contributed by atoms with Crippen LogP contribution in [-0.4, -0.2) is 91.7 Å². The molecule has 5 N–H and O–H groups in total. The van der Waals surface area contributed by atoms with Gasteiger partial charge in [0.05, 0.1) is 11.1 Å². The van der Waals surface area contributed by atoms with Gasteiger partial charge in [-0.05, 0) is 61.9 Å². The number of halogens is 3. The minimum Gasteiger partial charge on any atom is -0.507 e. The number of nitrogens with one attached hydrogen (secondary N) is 1. The van der Waals surface area contributed by atoms with Crippen LogP contribution in [0.1, 0.15) is 77.4 Å². The Labute approximate surface area is 441 Å². The largest absolute Gasteiger partial charge is 1.00 e. The molecule has 0 radical (unpaired) electrons. The van der Waals surface area contributed by atoms with Crippen molar-refractivity contribution >= 4 is 114 Å². The number of benzene rings is 7. The Morgan fingerprint density at radius 1 is 0.658 bits per heavy atom. The predicted molar refractivity (Wildman–Crippen MR) is 300 cm³/mol. The van der Waals surface area contributed by atoms with Gasteiger partial charge in [-0.15, -0.1) is 39.9 Å². The minimum atomic E-state index is -0.623. The molecule has 18 heteroatoms. The lowest BCUT2D eigenvalue weighted by Crippen LogP contribution is -2.36. The molecular weight excluding hydrogens is 990 g/mol. The number of hydrogen-bond acceptors (Lipinski definition) is 12. The average molecular weight is 1050 g/mol. The van der Waals surface area contributed by atoms with Gasteiger partial charge in [-0.1, -0.05) is 113 Å². The zero-order valence-electron chi connectivity index (χ0n) is 42.8. The maximum atomic E-state index is 11.7. The molecule has 7 aromatic carbocycles. The highest BCUT2D eigenvalue weighted by atomic mass is 35.5. The molecule has 0 aliphatic carbocycles. The van der Waals surface area contributed by atoms with Gasteiger partial charge in [0.25, 0.3) is 0 Å². The number of phenolic OH excluding ortho intramolecular Hbond substituents is 3. The third-order valence-corrected chi connectivity index (χ3v) is 13.6. The Bertz CT molecular complexity index is 3310. The molecule has 1 aromatic heterocycles. The molecule has 1 amide bonds. The molecular formula is C55H61BCl3N6O8+. The molecule has 73 heavy (non-hydrogen) atoms. The van der Waals surface area contributed by atoms with Crippen molar-refractivity contribution in [2.75, 3.05) is 52.3 Å². The second kappa shape index (κ2) is 25.2. The van der Waals surface area contributed by atoms with Crippen LogP contribution in [0.25, 0.3) is 43.2 Å². The van der Waals surface area contributed by atoms with Crippen molar-refractivity contribution in [2.45, 2.75) is 66.1 Å². The summed E-state index contributed by atoms with van der Waals surface area (Å²) in [6.45, 7) is 14.6. The Morgan fingerprint density at radius 3 is 1.59 bits per heavy atom. The molecule has 0 saturated heterocycles. The summed E-state index contributed by atoms with van der Waals surface area (Å²) in [7, 11) is -0.590. The van der Waals surface area contributed by atoms with Crippen molar-refractivity contribution < 1.29 is 36.2 Å². The van der Waals surface area contributed by atoms with Crippen molar-refractivity contribution in [1.29, 1.82) is 0 Å². The third-order valence-electron chi connectivity index (χ3n) is 12.5. The molecule has 11 rings (SSSR count). The second-order valence-electron chi connectivity index (χ2n) is 16.9. The number of alkyl halides is 3. The molecule has 0 fully saturated rings. The highest BCUT2D eigenvalue weighted by Gasteiger charge is 2.35. The first-order valence-electron chi connectivity index (χ1n) is 24.2. The van der Waals surface area contributed by atoms with Gasteiger partial charge in [-0.2, -0.15) is 0 Å². The van der Waals surface area contributed by atoms with Gasteiger partial charge < -0.3 is 40.2 Å². The van der Waals surface area contributed by atoms with Crippen LogP contribution in [0.15, 0.2) is 120 Å². The van der Waals surface area contributed by atoms with E-state index in [4.69, 9.17) is 34.8 Å². The normalized spacial score (nSPS) is 15.6. The Balaban J connectivity index is 0.000000178. The molecule has 3 aliphatic heterocycles. The van der Waals surface area contributed by atoms with Crippen LogP contribution in [0.5, 0.6) is 17.2 Å². The van der Waals surface area contributed by atoms with E-state index in [9.17, 15) is 34.7 Å². The predicted octanol–water partition coefficient (Wildman–Crippen LogP) is 11.3. The number of nitrogens with zero attached hydrogens (tertiary/aromatic N) is 5. The van der Waals surface area contributed by atoms with Crippen molar-refractivity contribution in [1.82, 2.24) is 15.2 Å². The van der Waals surface area contributed by atoms with E-state index in [0.717, 1.165) is 67.1 Å². The van der Waals surface area contributed by atoms with E-state index >= 15 is 0 Å². The van der Waals surface area contributed by atoms with Crippen molar-refractivity contribution in [3.8, 4) is 17.2 Å². The lowest BCUT2D eigenvalue weighted by Gasteiger charge is -2.20. The van der Waals surface area contributed by atoms with Crippen LogP contribution in [0, 0.1) is 0 Å². The highest BCUT2D eigenvalue weighted by molar-refractivity contribution is 6.54. The molecule has 3 atom stereocenters. The Kier molecular flexibility index (Phi) is 19.2. The lowest BCUT2D eigenvalue weighted by molar-refractivity contribution is -0.144. The number of phenols is 3. The quantitative estimate of drug-likeness (QED) is 0.0624. The molecule has 3 aliphatic rings. The Hall–Kier alpha value is -6.78. The first kappa shape index (κ1) is 55.5. The van der Waals surface area contributed by atoms with Crippen LogP contribution in [0.3, 0.4) is 0 Å². The zero-order valence-corrected chi connectivity index (χ0v) is 44.1. The van der Waals surface area contributed by atoms with Crippen LogP contribution in [0.2, 0.25) is 6.82 Å². The fourth-order valence-electron chi connectivity index (χ4n) is 9.38. The summed E-state index contributed by atoms with van der Waals surface area (Å²) in [5, 5.41) is 56.6. The fraction of sp³-hybridized carbons (Fsp3) is 0.291. The van der Waals surface area contributed by atoms with Crippen LogP contribution in [-0.2, 0) is 9.59 Å². The van der Waals surface area contributed by atoms with Crippen molar-refractivity contribution in [3.05, 3.63) is 142 Å². The van der Waals surface area contributed by atoms with Gasteiger partial charge in [0.1, 0.15) is 22.8 Å². The van der Waals surface area contributed by atoms with E-state index in [1.54, 1.807) is 54.2 Å². The number of aromatic hydroxyl groups is 3. The van der Waals surface area contributed by atoms with E-state index in [1.165, 1.54) is 19.4 Å². The first-order chi connectivity index (χ1) is 35.3. The number of fused-ring (bicyclic) bond motifs is 10.